The monoisotopic (exact) mass is 310 g/mol. The minimum Gasteiger partial charge on any atom is -0.480 e. The van der Waals surface area contributed by atoms with Gasteiger partial charge in [-0.15, -0.1) is 0 Å². The summed E-state index contributed by atoms with van der Waals surface area (Å²) in [5, 5.41) is 12.6. The van der Waals surface area contributed by atoms with Crippen LogP contribution in [0.15, 0.2) is 18.2 Å². The highest BCUT2D eigenvalue weighted by Crippen LogP contribution is 2.25. The zero-order valence-corrected chi connectivity index (χ0v) is 12.9. The summed E-state index contributed by atoms with van der Waals surface area (Å²) in [6.07, 6.45) is 1.29. The SMILES string of the molecule is Cc1ccc(Cl)cc1NC(=O)N1CCC(C)CC1C(=O)O. The number of amides is 2. The van der Waals surface area contributed by atoms with Crippen molar-refractivity contribution in [2.24, 2.45) is 5.92 Å². The first kappa shape index (κ1) is 15.6. The van der Waals surface area contributed by atoms with E-state index in [-0.39, 0.29) is 6.03 Å². The van der Waals surface area contributed by atoms with Crippen LogP contribution in [-0.2, 0) is 4.79 Å². The Balaban J connectivity index is 2.15. The van der Waals surface area contributed by atoms with Crippen LogP contribution in [0.5, 0.6) is 0 Å². The van der Waals surface area contributed by atoms with E-state index in [1.807, 2.05) is 19.9 Å². The number of piperidine rings is 1. The van der Waals surface area contributed by atoms with Crippen molar-refractivity contribution >= 4 is 29.3 Å². The smallest absolute Gasteiger partial charge is 0.326 e. The van der Waals surface area contributed by atoms with Crippen molar-refractivity contribution in [3.63, 3.8) is 0 Å². The van der Waals surface area contributed by atoms with Crippen molar-refractivity contribution in [1.82, 2.24) is 4.90 Å². The van der Waals surface area contributed by atoms with Crippen LogP contribution in [0.3, 0.4) is 0 Å². The van der Waals surface area contributed by atoms with Gasteiger partial charge in [0.25, 0.3) is 0 Å². The number of halogens is 1. The maximum absolute atomic E-state index is 12.4. The number of carbonyl (C=O) groups is 2. The number of aryl methyl sites for hydroxylation is 1. The van der Waals surface area contributed by atoms with Crippen LogP contribution in [0.2, 0.25) is 5.02 Å². The Kier molecular flexibility index (Phi) is 4.73. The van der Waals surface area contributed by atoms with Gasteiger partial charge in [-0.2, -0.15) is 0 Å². The second-order valence-electron chi connectivity index (χ2n) is 5.57. The number of nitrogens with zero attached hydrogens (tertiary/aromatic N) is 1. The molecule has 1 heterocycles. The van der Waals surface area contributed by atoms with Crippen molar-refractivity contribution in [2.45, 2.75) is 32.7 Å². The zero-order chi connectivity index (χ0) is 15.6. The molecule has 5 nitrogen and oxygen atoms in total. The maximum Gasteiger partial charge on any atom is 0.326 e. The van der Waals surface area contributed by atoms with Gasteiger partial charge in [-0.25, -0.2) is 9.59 Å². The molecule has 1 aliphatic heterocycles. The predicted molar refractivity (Wildman–Crippen MR) is 81.7 cm³/mol. The van der Waals surface area contributed by atoms with E-state index in [0.29, 0.717) is 29.6 Å². The molecule has 2 N–H and O–H groups in total. The van der Waals surface area contributed by atoms with Gasteiger partial charge in [-0.1, -0.05) is 24.6 Å². The summed E-state index contributed by atoms with van der Waals surface area (Å²) in [4.78, 5) is 25.1. The van der Waals surface area contributed by atoms with Gasteiger partial charge < -0.3 is 15.3 Å². The first-order valence-corrected chi connectivity index (χ1v) is 7.33. The number of carbonyl (C=O) groups excluding carboxylic acids is 1. The molecule has 2 atom stereocenters. The molecule has 0 aliphatic carbocycles. The van der Waals surface area contributed by atoms with E-state index in [0.717, 1.165) is 12.0 Å². The molecule has 2 rings (SSSR count). The lowest BCUT2D eigenvalue weighted by Gasteiger charge is -2.36. The Morgan fingerprint density at radius 2 is 2.14 bits per heavy atom. The summed E-state index contributed by atoms with van der Waals surface area (Å²) in [6.45, 7) is 4.31. The van der Waals surface area contributed by atoms with E-state index in [1.165, 1.54) is 4.90 Å². The van der Waals surface area contributed by atoms with Crippen LogP contribution < -0.4 is 5.32 Å². The minimum absolute atomic E-state index is 0.308. The third-order valence-electron chi connectivity index (χ3n) is 3.85. The fourth-order valence-corrected chi connectivity index (χ4v) is 2.71. The van der Waals surface area contributed by atoms with E-state index in [1.54, 1.807) is 12.1 Å². The Bertz CT molecular complexity index is 562. The van der Waals surface area contributed by atoms with Gasteiger partial charge in [0.15, 0.2) is 0 Å². The lowest BCUT2D eigenvalue weighted by Crippen LogP contribution is -2.51. The molecule has 0 aromatic heterocycles. The number of likely N-dealkylation sites (tertiary alicyclic amines) is 1. The molecule has 0 bridgehead atoms. The van der Waals surface area contributed by atoms with E-state index in [9.17, 15) is 14.7 Å². The summed E-state index contributed by atoms with van der Waals surface area (Å²) in [5.41, 5.74) is 1.49. The predicted octanol–water partition coefficient (Wildman–Crippen LogP) is 3.37. The third-order valence-corrected chi connectivity index (χ3v) is 4.09. The summed E-state index contributed by atoms with van der Waals surface area (Å²) in [7, 11) is 0. The summed E-state index contributed by atoms with van der Waals surface area (Å²) in [6, 6.07) is 4.06. The standard InChI is InChI=1S/C15H19ClN2O3/c1-9-5-6-18(13(7-9)14(19)20)15(21)17-12-8-11(16)4-3-10(12)2/h3-4,8-9,13H,5-7H2,1-2H3,(H,17,21)(H,19,20). The topological polar surface area (TPSA) is 69.6 Å². The van der Waals surface area contributed by atoms with Crippen molar-refractivity contribution in [3.8, 4) is 0 Å². The zero-order valence-electron chi connectivity index (χ0n) is 12.1. The van der Waals surface area contributed by atoms with Crippen molar-refractivity contribution in [1.29, 1.82) is 0 Å². The second kappa shape index (κ2) is 6.35. The number of carboxylic acid groups (broad SMARTS) is 1. The number of carboxylic acids is 1. The van der Waals surface area contributed by atoms with Gasteiger partial charge in [0.1, 0.15) is 6.04 Å². The number of nitrogens with one attached hydrogen (secondary N) is 1. The molecule has 1 aromatic rings. The normalized spacial score (nSPS) is 22.0. The fourth-order valence-electron chi connectivity index (χ4n) is 2.53. The number of rotatable bonds is 2. The maximum atomic E-state index is 12.4. The van der Waals surface area contributed by atoms with Crippen LogP contribution in [0.4, 0.5) is 10.5 Å². The molecular formula is C15H19ClN2O3. The number of hydrogen-bond acceptors (Lipinski definition) is 2. The molecule has 114 valence electrons. The van der Waals surface area contributed by atoms with Crippen molar-refractivity contribution in [2.75, 3.05) is 11.9 Å². The number of benzene rings is 1. The van der Waals surface area contributed by atoms with Crippen LogP contribution in [0.25, 0.3) is 0 Å². The highest BCUT2D eigenvalue weighted by Gasteiger charge is 2.34. The Morgan fingerprint density at radius 1 is 1.43 bits per heavy atom. The molecule has 2 unspecified atom stereocenters. The van der Waals surface area contributed by atoms with Gasteiger partial charge in [0, 0.05) is 17.3 Å². The van der Waals surface area contributed by atoms with Gasteiger partial charge in [-0.05, 0) is 43.4 Å². The molecule has 2 amide bonds. The van der Waals surface area contributed by atoms with Gasteiger partial charge in [0.2, 0.25) is 0 Å². The number of urea groups is 1. The molecule has 21 heavy (non-hydrogen) atoms. The Hall–Kier alpha value is -1.75. The number of hydrogen-bond donors (Lipinski definition) is 2. The van der Waals surface area contributed by atoms with Crippen LogP contribution in [0.1, 0.15) is 25.3 Å². The summed E-state index contributed by atoms with van der Waals surface area (Å²) < 4.78 is 0. The van der Waals surface area contributed by atoms with Crippen LogP contribution >= 0.6 is 11.6 Å². The van der Waals surface area contributed by atoms with E-state index >= 15 is 0 Å². The van der Waals surface area contributed by atoms with Crippen LogP contribution in [-0.4, -0.2) is 34.6 Å². The molecule has 6 heteroatoms. The number of aliphatic carboxylic acids is 1. The van der Waals surface area contributed by atoms with E-state index in [2.05, 4.69) is 5.32 Å². The molecular weight excluding hydrogens is 292 g/mol. The van der Waals surface area contributed by atoms with E-state index in [4.69, 9.17) is 11.6 Å². The summed E-state index contributed by atoms with van der Waals surface area (Å²) in [5.74, 6) is -0.650. The molecule has 1 saturated heterocycles. The Morgan fingerprint density at radius 3 is 2.81 bits per heavy atom. The quantitative estimate of drug-likeness (QED) is 0.880. The van der Waals surface area contributed by atoms with Crippen LogP contribution in [0, 0.1) is 12.8 Å². The average molecular weight is 311 g/mol. The fraction of sp³-hybridized carbons (Fsp3) is 0.467. The van der Waals surface area contributed by atoms with Crippen molar-refractivity contribution < 1.29 is 14.7 Å². The molecule has 1 aliphatic rings. The first-order chi connectivity index (χ1) is 9.88. The van der Waals surface area contributed by atoms with Crippen molar-refractivity contribution in [3.05, 3.63) is 28.8 Å². The molecule has 1 aromatic carbocycles. The molecule has 0 radical (unpaired) electrons. The average Bonchev–Trinajstić information content (AvgIpc) is 2.42. The van der Waals surface area contributed by atoms with E-state index < -0.39 is 12.0 Å². The molecule has 0 saturated carbocycles. The lowest BCUT2D eigenvalue weighted by atomic mass is 9.93. The largest absolute Gasteiger partial charge is 0.480 e. The first-order valence-electron chi connectivity index (χ1n) is 6.95. The third kappa shape index (κ3) is 3.67. The molecule has 1 fully saturated rings. The van der Waals surface area contributed by atoms with Gasteiger partial charge >= 0.3 is 12.0 Å². The van der Waals surface area contributed by atoms with Gasteiger partial charge in [-0.3, -0.25) is 0 Å². The second-order valence-corrected chi connectivity index (χ2v) is 6.00. The molecule has 0 spiro atoms. The highest BCUT2D eigenvalue weighted by molar-refractivity contribution is 6.31. The van der Waals surface area contributed by atoms with Gasteiger partial charge in [0.05, 0.1) is 0 Å². The Labute approximate surface area is 128 Å². The highest BCUT2D eigenvalue weighted by atomic mass is 35.5. The minimum atomic E-state index is -0.959. The lowest BCUT2D eigenvalue weighted by molar-refractivity contribution is -0.143. The summed E-state index contributed by atoms with van der Waals surface area (Å²) >= 11 is 5.93. The number of anilines is 1.